The monoisotopic (exact) mass is 550 g/mol. The van der Waals surface area contributed by atoms with Crippen molar-refractivity contribution in [2.24, 2.45) is 5.10 Å². The molecule has 168 valence electrons. The number of hydrogen-bond donors (Lipinski definition) is 1. The van der Waals surface area contributed by atoms with Crippen molar-refractivity contribution in [3.05, 3.63) is 104 Å². The van der Waals surface area contributed by atoms with Gasteiger partial charge in [-0.05, 0) is 123 Å². The predicted octanol–water partition coefficient (Wildman–Crippen LogP) is 6.18. The third-order valence-electron chi connectivity index (χ3n) is 5.90. The molecule has 2 heterocycles. The first-order chi connectivity index (χ1) is 15.8. The third-order valence-corrected chi connectivity index (χ3v) is 7.11. The minimum absolute atomic E-state index is 0.235. The van der Waals surface area contributed by atoms with Crippen molar-refractivity contribution in [1.29, 1.82) is 0 Å². The van der Waals surface area contributed by atoms with Crippen LogP contribution >= 0.6 is 22.6 Å². The van der Waals surface area contributed by atoms with Crippen molar-refractivity contribution in [2.45, 2.75) is 34.6 Å². The van der Waals surface area contributed by atoms with Gasteiger partial charge in [-0.25, -0.2) is 5.43 Å². The lowest BCUT2D eigenvalue weighted by molar-refractivity contribution is 0.0955. The molecule has 2 aromatic carbocycles. The van der Waals surface area contributed by atoms with E-state index < -0.39 is 0 Å². The molecule has 4 rings (SSSR count). The molecular formula is C27H27IN4O. The first-order valence-corrected chi connectivity index (χ1v) is 11.9. The Labute approximate surface area is 208 Å². The number of aromatic nitrogens is 2. The second-order valence-corrected chi connectivity index (χ2v) is 9.46. The summed E-state index contributed by atoms with van der Waals surface area (Å²) in [6.45, 7) is 10.4. The van der Waals surface area contributed by atoms with E-state index in [0.29, 0.717) is 5.56 Å². The average Bonchev–Trinajstić information content (AvgIpc) is 3.27. The van der Waals surface area contributed by atoms with E-state index in [4.69, 9.17) is 0 Å². The molecule has 0 spiro atoms. The number of rotatable bonds is 5. The number of nitrogens with zero attached hydrogens (tertiary/aromatic N) is 3. The van der Waals surface area contributed by atoms with Crippen molar-refractivity contribution < 1.29 is 4.79 Å². The second kappa shape index (κ2) is 9.39. The number of carbonyl (C=O) groups excluding carboxylic acids is 1. The zero-order valence-electron chi connectivity index (χ0n) is 19.5. The van der Waals surface area contributed by atoms with E-state index >= 15 is 0 Å². The highest BCUT2D eigenvalue weighted by Crippen LogP contribution is 2.23. The topological polar surface area (TPSA) is 51.3 Å². The summed E-state index contributed by atoms with van der Waals surface area (Å²) in [5, 5.41) is 4.21. The molecule has 0 aliphatic heterocycles. The minimum atomic E-state index is -0.235. The van der Waals surface area contributed by atoms with Gasteiger partial charge in [0.15, 0.2) is 0 Å². The Bertz CT molecular complexity index is 1340. The summed E-state index contributed by atoms with van der Waals surface area (Å²) in [6, 6.07) is 20.2. The van der Waals surface area contributed by atoms with E-state index in [0.717, 1.165) is 39.7 Å². The lowest BCUT2D eigenvalue weighted by Crippen LogP contribution is -2.17. The predicted molar refractivity (Wildman–Crippen MR) is 143 cm³/mol. The van der Waals surface area contributed by atoms with Gasteiger partial charge in [-0.1, -0.05) is 0 Å². The van der Waals surface area contributed by atoms with Gasteiger partial charge in [0, 0.05) is 48.8 Å². The maximum atomic E-state index is 12.6. The molecule has 0 fully saturated rings. The second-order valence-electron chi connectivity index (χ2n) is 8.29. The number of hydrogen-bond acceptors (Lipinski definition) is 2. The molecule has 6 heteroatoms. The van der Waals surface area contributed by atoms with Crippen molar-refractivity contribution in [3.63, 3.8) is 0 Å². The maximum absolute atomic E-state index is 12.6. The summed E-state index contributed by atoms with van der Waals surface area (Å²) in [4.78, 5) is 12.6. The van der Waals surface area contributed by atoms with Crippen LogP contribution in [0, 0.1) is 38.2 Å². The lowest BCUT2D eigenvalue weighted by Gasteiger charge is -2.11. The molecule has 4 aromatic rings. The van der Waals surface area contributed by atoms with E-state index in [1.54, 1.807) is 6.21 Å². The number of benzene rings is 2. The zero-order valence-corrected chi connectivity index (χ0v) is 21.6. The number of carbonyl (C=O) groups is 1. The Morgan fingerprint density at radius 1 is 0.818 bits per heavy atom. The van der Waals surface area contributed by atoms with Crippen molar-refractivity contribution in [3.8, 4) is 11.4 Å². The number of hydrazone groups is 1. The third kappa shape index (κ3) is 4.66. The van der Waals surface area contributed by atoms with Crippen LogP contribution in [-0.2, 0) is 0 Å². The van der Waals surface area contributed by atoms with Crippen molar-refractivity contribution in [1.82, 2.24) is 14.6 Å². The van der Waals surface area contributed by atoms with Crippen LogP contribution in [0.15, 0.2) is 65.8 Å². The molecule has 0 bridgehead atoms. The Morgan fingerprint density at radius 3 is 2.09 bits per heavy atom. The van der Waals surface area contributed by atoms with Gasteiger partial charge in [0.1, 0.15) is 0 Å². The van der Waals surface area contributed by atoms with Gasteiger partial charge < -0.3 is 9.13 Å². The molecule has 0 saturated carbocycles. The van der Waals surface area contributed by atoms with Gasteiger partial charge >= 0.3 is 0 Å². The van der Waals surface area contributed by atoms with Crippen LogP contribution in [0.2, 0.25) is 0 Å². The molecule has 0 radical (unpaired) electrons. The van der Waals surface area contributed by atoms with Gasteiger partial charge in [-0.3, -0.25) is 4.79 Å². The van der Waals surface area contributed by atoms with E-state index in [1.165, 1.54) is 9.13 Å². The van der Waals surface area contributed by atoms with Gasteiger partial charge in [-0.15, -0.1) is 0 Å². The fourth-order valence-electron chi connectivity index (χ4n) is 4.15. The molecule has 2 aromatic heterocycles. The summed E-state index contributed by atoms with van der Waals surface area (Å²) >= 11 is 2.35. The van der Waals surface area contributed by atoms with Gasteiger partial charge in [0.05, 0.1) is 6.21 Å². The minimum Gasteiger partial charge on any atom is -0.319 e. The molecule has 0 aliphatic rings. The average molecular weight is 550 g/mol. The molecule has 0 atom stereocenters. The summed E-state index contributed by atoms with van der Waals surface area (Å²) in [7, 11) is 0. The zero-order chi connectivity index (χ0) is 23.7. The van der Waals surface area contributed by atoms with E-state index in [2.05, 4.69) is 113 Å². The number of nitrogens with one attached hydrogen (secondary N) is 1. The normalized spacial score (nSPS) is 11.3. The Balaban J connectivity index is 1.48. The van der Waals surface area contributed by atoms with Crippen LogP contribution in [0.4, 0.5) is 0 Å². The van der Waals surface area contributed by atoms with Gasteiger partial charge in [0.2, 0.25) is 0 Å². The fraction of sp³-hybridized carbons (Fsp3) is 0.185. The van der Waals surface area contributed by atoms with Crippen LogP contribution in [0.1, 0.15) is 44.3 Å². The highest BCUT2D eigenvalue weighted by Gasteiger charge is 2.11. The van der Waals surface area contributed by atoms with Gasteiger partial charge in [0.25, 0.3) is 5.91 Å². The smallest absolute Gasteiger partial charge is 0.271 e. The highest BCUT2D eigenvalue weighted by atomic mass is 127. The Kier molecular flexibility index (Phi) is 6.56. The van der Waals surface area contributed by atoms with Crippen molar-refractivity contribution >= 4 is 34.7 Å². The van der Waals surface area contributed by atoms with Crippen molar-refractivity contribution in [2.75, 3.05) is 0 Å². The lowest BCUT2D eigenvalue weighted by atomic mass is 10.2. The molecule has 0 unspecified atom stereocenters. The van der Waals surface area contributed by atoms with Crippen LogP contribution in [0.3, 0.4) is 0 Å². The summed E-state index contributed by atoms with van der Waals surface area (Å²) in [5.74, 6) is -0.235. The van der Waals surface area contributed by atoms with Gasteiger partial charge in [-0.2, -0.15) is 5.10 Å². The summed E-state index contributed by atoms with van der Waals surface area (Å²) in [5.41, 5.74) is 12.1. The quantitative estimate of drug-likeness (QED) is 0.180. The Hall–Kier alpha value is -3.13. The SMILES string of the molecule is Cc1cc(-n2c(C)cc(/C=N\NC(=O)c3ccc(-n4c(C)ccc4C)cc3)c2C)ccc1I. The van der Waals surface area contributed by atoms with Crippen LogP contribution in [-0.4, -0.2) is 21.3 Å². The number of amides is 1. The number of aryl methyl sites for hydroxylation is 4. The first-order valence-electron chi connectivity index (χ1n) is 10.8. The maximum Gasteiger partial charge on any atom is 0.271 e. The van der Waals surface area contributed by atoms with E-state index in [9.17, 15) is 4.79 Å². The van der Waals surface area contributed by atoms with Crippen LogP contribution in [0.5, 0.6) is 0 Å². The first kappa shape index (κ1) is 23.0. The largest absolute Gasteiger partial charge is 0.319 e. The molecule has 1 amide bonds. The summed E-state index contributed by atoms with van der Waals surface area (Å²) < 4.78 is 5.61. The van der Waals surface area contributed by atoms with Crippen LogP contribution in [0.25, 0.3) is 11.4 Å². The molecule has 0 aliphatic carbocycles. The molecular weight excluding hydrogens is 523 g/mol. The number of halogens is 1. The molecule has 1 N–H and O–H groups in total. The van der Waals surface area contributed by atoms with Crippen LogP contribution < -0.4 is 5.43 Å². The summed E-state index contributed by atoms with van der Waals surface area (Å²) in [6.07, 6.45) is 1.71. The van der Waals surface area contributed by atoms with E-state index in [-0.39, 0.29) is 5.91 Å². The highest BCUT2D eigenvalue weighted by molar-refractivity contribution is 14.1. The molecule has 0 saturated heterocycles. The Morgan fingerprint density at radius 2 is 1.45 bits per heavy atom. The molecule has 33 heavy (non-hydrogen) atoms. The standard InChI is InChI=1S/C27H27IN4O/c1-17-14-25(12-13-26(17)28)32-20(4)15-23(21(32)5)16-29-30-27(33)22-8-10-24(11-9-22)31-18(2)6-7-19(31)3/h6-16H,1-5H3,(H,30,33)/b29-16-. The molecule has 5 nitrogen and oxygen atoms in total. The fourth-order valence-corrected chi connectivity index (χ4v) is 4.48. The van der Waals surface area contributed by atoms with E-state index in [1.807, 2.05) is 24.3 Å².